The molecule has 24 heavy (non-hydrogen) atoms. The van der Waals surface area contributed by atoms with Crippen LogP contribution in [0.15, 0.2) is 42.2 Å². The van der Waals surface area contributed by atoms with E-state index in [0.717, 1.165) is 0 Å². The van der Waals surface area contributed by atoms with E-state index in [4.69, 9.17) is 9.47 Å². The van der Waals surface area contributed by atoms with Gasteiger partial charge in [0.05, 0.1) is 5.56 Å². The van der Waals surface area contributed by atoms with E-state index >= 15 is 0 Å². The first-order valence-electron chi connectivity index (χ1n) is 7.41. The smallest absolute Gasteiger partial charge is 0.231 e. The molecule has 1 heterocycles. The number of ketones is 2. The number of Topliss-reactive ketones (excluding diaryl/α,β-unsaturated/α-hetero) is 2. The highest BCUT2D eigenvalue weighted by atomic mass is 19.1. The van der Waals surface area contributed by atoms with E-state index in [9.17, 15) is 14.0 Å². The molecule has 0 saturated carbocycles. The molecule has 0 bridgehead atoms. The van der Waals surface area contributed by atoms with Crippen LogP contribution in [0.3, 0.4) is 0 Å². The quantitative estimate of drug-likeness (QED) is 0.804. The predicted molar refractivity (Wildman–Crippen MR) is 86.7 cm³/mol. The summed E-state index contributed by atoms with van der Waals surface area (Å²) in [5.41, 5.74) is 1.60. The van der Waals surface area contributed by atoms with E-state index in [1.807, 2.05) is 0 Å². The van der Waals surface area contributed by atoms with Gasteiger partial charge in [0.1, 0.15) is 23.9 Å². The van der Waals surface area contributed by atoms with Crippen LogP contribution in [-0.2, 0) is 4.79 Å². The zero-order valence-corrected chi connectivity index (χ0v) is 13.3. The lowest BCUT2D eigenvalue weighted by atomic mass is 10.1. The average molecular weight is 326 g/mol. The molecule has 0 spiro atoms. The van der Waals surface area contributed by atoms with E-state index in [0.29, 0.717) is 28.2 Å². The van der Waals surface area contributed by atoms with Crippen molar-refractivity contribution in [1.29, 1.82) is 0 Å². The predicted octanol–water partition coefficient (Wildman–Crippen LogP) is 3.72. The van der Waals surface area contributed by atoms with Gasteiger partial charge < -0.3 is 9.47 Å². The molecule has 2 aromatic carbocycles. The molecule has 0 aromatic heterocycles. The van der Waals surface area contributed by atoms with E-state index < -0.39 is 0 Å². The summed E-state index contributed by atoms with van der Waals surface area (Å²) in [7, 11) is 0. The topological polar surface area (TPSA) is 52.6 Å². The zero-order chi connectivity index (χ0) is 17.3. The van der Waals surface area contributed by atoms with Gasteiger partial charge in [0.2, 0.25) is 5.78 Å². The van der Waals surface area contributed by atoms with Crippen molar-refractivity contribution in [2.45, 2.75) is 13.8 Å². The summed E-state index contributed by atoms with van der Waals surface area (Å²) in [5.74, 6) is 0.271. The minimum Gasteiger partial charge on any atom is -0.485 e. The minimum absolute atomic E-state index is 0.0421. The van der Waals surface area contributed by atoms with Gasteiger partial charge in [-0.3, -0.25) is 9.59 Å². The van der Waals surface area contributed by atoms with Gasteiger partial charge in [0.15, 0.2) is 11.5 Å². The van der Waals surface area contributed by atoms with Crippen molar-refractivity contribution < 1.29 is 23.5 Å². The van der Waals surface area contributed by atoms with Crippen LogP contribution in [0.2, 0.25) is 0 Å². The SMILES string of the molecule is CC(=O)COc1ccc2c(c1C)O/C(=C\c1cccc(F)c1)C2=O. The maximum atomic E-state index is 13.3. The Morgan fingerprint density at radius 1 is 1.29 bits per heavy atom. The van der Waals surface area contributed by atoms with Crippen LogP contribution < -0.4 is 9.47 Å². The highest BCUT2D eigenvalue weighted by molar-refractivity contribution is 6.14. The summed E-state index contributed by atoms with van der Waals surface area (Å²) >= 11 is 0. The second-order valence-electron chi connectivity index (χ2n) is 5.55. The average Bonchev–Trinajstić information content (AvgIpc) is 2.84. The largest absolute Gasteiger partial charge is 0.485 e. The third-order valence-electron chi connectivity index (χ3n) is 3.61. The van der Waals surface area contributed by atoms with Crippen LogP contribution in [0.1, 0.15) is 28.4 Å². The summed E-state index contributed by atoms with van der Waals surface area (Å²) in [6.07, 6.45) is 1.50. The summed E-state index contributed by atoms with van der Waals surface area (Å²) in [6, 6.07) is 9.14. The summed E-state index contributed by atoms with van der Waals surface area (Å²) in [6.45, 7) is 3.15. The number of fused-ring (bicyclic) bond motifs is 1. The molecular formula is C19H15FO4. The molecule has 122 valence electrons. The monoisotopic (exact) mass is 326 g/mol. The summed E-state index contributed by atoms with van der Waals surface area (Å²) in [5, 5.41) is 0. The lowest BCUT2D eigenvalue weighted by Crippen LogP contribution is -2.07. The van der Waals surface area contributed by atoms with E-state index in [-0.39, 0.29) is 29.7 Å². The second-order valence-corrected chi connectivity index (χ2v) is 5.55. The lowest BCUT2D eigenvalue weighted by Gasteiger charge is -2.10. The molecular weight excluding hydrogens is 311 g/mol. The highest BCUT2D eigenvalue weighted by Gasteiger charge is 2.30. The van der Waals surface area contributed by atoms with Crippen molar-refractivity contribution in [3.63, 3.8) is 0 Å². The molecule has 2 aromatic rings. The first kappa shape index (κ1) is 15.9. The molecule has 5 heteroatoms. The number of carbonyl (C=O) groups is 2. The zero-order valence-electron chi connectivity index (χ0n) is 13.3. The number of hydrogen-bond acceptors (Lipinski definition) is 4. The van der Waals surface area contributed by atoms with Gasteiger partial charge in [-0.2, -0.15) is 0 Å². The van der Waals surface area contributed by atoms with Gasteiger partial charge in [-0.05, 0) is 49.8 Å². The normalized spacial score (nSPS) is 14.5. The Hall–Kier alpha value is -2.95. The molecule has 1 aliphatic rings. The Kier molecular flexibility index (Phi) is 4.16. The van der Waals surface area contributed by atoms with Crippen molar-refractivity contribution in [3.05, 3.63) is 64.7 Å². The van der Waals surface area contributed by atoms with Crippen molar-refractivity contribution in [2.24, 2.45) is 0 Å². The molecule has 0 unspecified atom stereocenters. The fraction of sp³-hybridized carbons (Fsp3) is 0.158. The molecule has 0 aliphatic carbocycles. The number of benzene rings is 2. The number of halogens is 1. The maximum Gasteiger partial charge on any atom is 0.231 e. The molecule has 4 nitrogen and oxygen atoms in total. The Bertz CT molecular complexity index is 868. The van der Waals surface area contributed by atoms with E-state index in [2.05, 4.69) is 0 Å². The molecule has 3 rings (SSSR count). The van der Waals surface area contributed by atoms with Crippen molar-refractivity contribution in [1.82, 2.24) is 0 Å². The number of allylic oxidation sites excluding steroid dienone is 1. The highest BCUT2D eigenvalue weighted by Crippen LogP contribution is 2.39. The standard InChI is InChI=1S/C19H15FO4/c1-11(21)10-23-16-7-6-15-18(22)17(24-19(15)12(16)2)9-13-4-3-5-14(20)8-13/h3-9H,10H2,1-2H3/b17-9-. The molecule has 1 aliphatic heterocycles. The van der Waals surface area contributed by atoms with Gasteiger partial charge in [0, 0.05) is 5.56 Å². The molecule has 0 atom stereocenters. The third-order valence-corrected chi connectivity index (χ3v) is 3.61. The van der Waals surface area contributed by atoms with Crippen LogP contribution in [0.25, 0.3) is 6.08 Å². The first-order valence-corrected chi connectivity index (χ1v) is 7.41. The third kappa shape index (κ3) is 3.06. The number of hydrogen-bond donors (Lipinski definition) is 0. The van der Waals surface area contributed by atoms with Gasteiger partial charge in [0.25, 0.3) is 0 Å². The fourth-order valence-electron chi connectivity index (χ4n) is 2.45. The molecule has 0 radical (unpaired) electrons. The number of ether oxygens (including phenoxy) is 2. The van der Waals surface area contributed by atoms with Crippen molar-refractivity contribution >= 4 is 17.6 Å². The van der Waals surface area contributed by atoms with Crippen LogP contribution in [0, 0.1) is 12.7 Å². The minimum atomic E-state index is -0.386. The fourth-order valence-corrected chi connectivity index (χ4v) is 2.45. The number of rotatable bonds is 4. The van der Waals surface area contributed by atoms with Gasteiger partial charge >= 0.3 is 0 Å². The molecule has 0 saturated heterocycles. The Labute approximate surface area is 138 Å². The second kappa shape index (κ2) is 6.28. The maximum absolute atomic E-state index is 13.3. The van der Waals surface area contributed by atoms with Crippen LogP contribution in [0.4, 0.5) is 4.39 Å². The van der Waals surface area contributed by atoms with E-state index in [1.54, 1.807) is 31.2 Å². The Morgan fingerprint density at radius 2 is 2.08 bits per heavy atom. The Morgan fingerprint density at radius 3 is 2.79 bits per heavy atom. The first-order chi connectivity index (χ1) is 11.5. The van der Waals surface area contributed by atoms with Crippen LogP contribution in [0.5, 0.6) is 11.5 Å². The molecule has 0 fully saturated rings. The van der Waals surface area contributed by atoms with Gasteiger partial charge in [-0.1, -0.05) is 12.1 Å². The van der Waals surface area contributed by atoms with Crippen molar-refractivity contribution in [3.8, 4) is 11.5 Å². The van der Waals surface area contributed by atoms with Gasteiger partial charge in [-0.15, -0.1) is 0 Å². The van der Waals surface area contributed by atoms with Crippen molar-refractivity contribution in [2.75, 3.05) is 6.61 Å². The summed E-state index contributed by atoms with van der Waals surface area (Å²) < 4.78 is 24.4. The van der Waals surface area contributed by atoms with Gasteiger partial charge in [-0.25, -0.2) is 4.39 Å². The molecule has 0 amide bonds. The Balaban J connectivity index is 1.92. The number of carbonyl (C=O) groups excluding carboxylic acids is 2. The molecule has 0 N–H and O–H groups in total. The van der Waals surface area contributed by atoms with E-state index in [1.165, 1.54) is 25.1 Å². The lowest BCUT2D eigenvalue weighted by molar-refractivity contribution is -0.118. The summed E-state index contributed by atoms with van der Waals surface area (Å²) in [4.78, 5) is 23.5. The van der Waals surface area contributed by atoms with Crippen LogP contribution >= 0.6 is 0 Å². The van der Waals surface area contributed by atoms with Crippen LogP contribution in [-0.4, -0.2) is 18.2 Å².